The number of fused-ring (bicyclic) bond motifs is 1. The van der Waals surface area contributed by atoms with E-state index in [2.05, 4.69) is 11.6 Å². The Hall–Kier alpha value is -3.49. The molecular weight excluding hydrogens is 367 g/mol. The van der Waals surface area contributed by atoms with Gasteiger partial charge in [0.15, 0.2) is 11.2 Å². The van der Waals surface area contributed by atoms with Crippen LogP contribution in [-0.4, -0.2) is 31.3 Å². The van der Waals surface area contributed by atoms with E-state index >= 15 is 0 Å². The van der Waals surface area contributed by atoms with Gasteiger partial charge in [-0.3, -0.25) is 9.36 Å². The van der Waals surface area contributed by atoms with Gasteiger partial charge in [-0.05, 0) is 38.1 Å². The highest BCUT2D eigenvalue weighted by molar-refractivity contribution is 5.79. The van der Waals surface area contributed by atoms with Crippen molar-refractivity contribution >= 4 is 17.1 Å². The van der Waals surface area contributed by atoms with Gasteiger partial charge >= 0.3 is 11.7 Å². The topological polar surface area (TPSA) is 88.1 Å². The summed E-state index contributed by atoms with van der Waals surface area (Å²) in [7, 11) is 0. The Balaban J connectivity index is 2.36. The lowest BCUT2D eigenvalue weighted by molar-refractivity contribution is -0.146. The first-order chi connectivity index (χ1) is 13.4. The molecule has 0 amide bonds. The van der Waals surface area contributed by atoms with Gasteiger partial charge < -0.3 is 9.30 Å². The highest BCUT2D eigenvalue weighted by atomic mass is 19.1. The largest absolute Gasteiger partial charge is 0.464 e. The molecule has 0 aliphatic carbocycles. The minimum Gasteiger partial charge on any atom is -0.464 e. The summed E-state index contributed by atoms with van der Waals surface area (Å²) in [4.78, 5) is 42.3. The Morgan fingerprint density at radius 2 is 2.00 bits per heavy atom. The Morgan fingerprint density at radius 3 is 2.61 bits per heavy atom. The molecule has 28 heavy (non-hydrogen) atoms. The third-order valence-electron chi connectivity index (χ3n) is 4.30. The molecule has 0 saturated heterocycles. The maximum Gasteiger partial charge on any atom is 0.337 e. The quantitative estimate of drug-likeness (QED) is 0.476. The van der Waals surface area contributed by atoms with Crippen molar-refractivity contribution in [3.63, 3.8) is 0 Å². The number of imidazole rings is 1. The molecule has 2 heterocycles. The van der Waals surface area contributed by atoms with Gasteiger partial charge in [0.2, 0.25) is 0 Å². The molecule has 0 radical (unpaired) electrons. The normalized spacial score (nSPS) is 12.1. The number of allylic oxidation sites excluding steroid dienone is 1. The van der Waals surface area contributed by atoms with Crippen molar-refractivity contribution in [2.45, 2.75) is 26.4 Å². The summed E-state index contributed by atoms with van der Waals surface area (Å²) in [5, 5.41) is 0. The van der Waals surface area contributed by atoms with Crippen molar-refractivity contribution < 1.29 is 13.9 Å². The van der Waals surface area contributed by atoms with Crippen molar-refractivity contribution in [1.82, 2.24) is 18.7 Å². The minimum atomic E-state index is -0.825. The second kappa shape index (κ2) is 7.63. The molecule has 1 atom stereocenters. The standard InChI is InChI=1S/C19H19FN4O4/c1-4-10-22-17(25)15-16(21-11-23(15)12(3)18(26)28-5-2)24(19(22)27)14-8-6-13(20)7-9-14/h4,6-9,11-12H,1,5,10H2,2-3H3. The number of benzene rings is 1. The highest BCUT2D eigenvalue weighted by Gasteiger charge is 2.24. The van der Waals surface area contributed by atoms with Crippen LogP contribution in [0.1, 0.15) is 19.9 Å². The second-order valence-electron chi connectivity index (χ2n) is 6.05. The first kappa shape index (κ1) is 19.3. The molecule has 0 fully saturated rings. The van der Waals surface area contributed by atoms with Crippen LogP contribution in [0.2, 0.25) is 0 Å². The van der Waals surface area contributed by atoms with Gasteiger partial charge in [-0.1, -0.05) is 6.08 Å². The summed E-state index contributed by atoms with van der Waals surface area (Å²) in [5.41, 5.74) is -0.780. The molecular formula is C19H19FN4O4. The zero-order valence-electron chi connectivity index (χ0n) is 15.5. The van der Waals surface area contributed by atoms with Crippen molar-refractivity contribution in [3.05, 3.63) is 69.9 Å². The van der Waals surface area contributed by atoms with Gasteiger partial charge in [0.25, 0.3) is 5.56 Å². The fourth-order valence-electron chi connectivity index (χ4n) is 2.93. The maximum atomic E-state index is 13.3. The van der Waals surface area contributed by atoms with Crippen molar-refractivity contribution in [1.29, 1.82) is 0 Å². The van der Waals surface area contributed by atoms with E-state index in [-0.39, 0.29) is 24.3 Å². The highest BCUT2D eigenvalue weighted by Crippen LogP contribution is 2.18. The summed E-state index contributed by atoms with van der Waals surface area (Å²) in [6.07, 6.45) is 2.73. The molecule has 0 aliphatic heterocycles. The van der Waals surface area contributed by atoms with Crippen LogP contribution in [0.25, 0.3) is 16.9 Å². The molecule has 9 heteroatoms. The minimum absolute atomic E-state index is 0.0340. The summed E-state index contributed by atoms with van der Waals surface area (Å²) < 4.78 is 21.9. The molecule has 3 aromatic rings. The summed E-state index contributed by atoms with van der Waals surface area (Å²) >= 11 is 0. The fraction of sp³-hybridized carbons (Fsp3) is 0.263. The van der Waals surface area contributed by atoms with Crippen LogP contribution in [0.15, 0.2) is 52.8 Å². The fourth-order valence-corrected chi connectivity index (χ4v) is 2.93. The lowest BCUT2D eigenvalue weighted by Crippen LogP contribution is -2.40. The maximum absolute atomic E-state index is 13.3. The lowest BCUT2D eigenvalue weighted by atomic mass is 10.3. The summed E-state index contributed by atoms with van der Waals surface area (Å²) in [6.45, 7) is 6.99. The van der Waals surface area contributed by atoms with Crippen molar-refractivity contribution in [2.24, 2.45) is 0 Å². The van der Waals surface area contributed by atoms with E-state index in [9.17, 15) is 18.8 Å². The first-order valence-electron chi connectivity index (χ1n) is 8.66. The number of esters is 1. The van der Waals surface area contributed by atoms with E-state index in [1.54, 1.807) is 13.8 Å². The Bertz CT molecular complexity index is 1160. The Kier molecular flexibility index (Phi) is 5.25. The van der Waals surface area contributed by atoms with Crippen molar-refractivity contribution in [3.8, 4) is 5.69 Å². The van der Waals surface area contributed by atoms with E-state index < -0.39 is 29.1 Å². The van der Waals surface area contributed by atoms with Crippen molar-refractivity contribution in [2.75, 3.05) is 6.61 Å². The number of aromatic nitrogens is 4. The van der Waals surface area contributed by atoms with Crippen LogP contribution >= 0.6 is 0 Å². The number of carbonyl (C=O) groups excluding carboxylic acids is 1. The number of carbonyl (C=O) groups is 1. The number of hydrogen-bond acceptors (Lipinski definition) is 5. The summed E-state index contributed by atoms with van der Waals surface area (Å²) in [6, 6.07) is 4.40. The van der Waals surface area contributed by atoms with E-state index in [1.165, 1.54) is 45.8 Å². The zero-order chi connectivity index (χ0) is 20.4. The van der Waals surface area contributed by atoms with Gasteiger partial charge in [0, 0.05) is 6.54 Å². The smallest absolute Gasteiger partial charge is 0.337 e. The molecule has 0 spiro atoms. The molecule has 0 N–H and O–H groups in total. The predicted molar refractivity (Wildman–Crippen MR) is 101 cm³/mol. The van der Waals surface area contributed by atoms with Crippen LogP contribution in [0.5, 0.6) is 0 Å². The van der Waals surface area contributed by atoms with Crippen LogP contribution in [-0.2, 0) is 16.1 Å². The third kappa shape index (κ3) is 3.15. The zero-order valence-corrected chi connectivity index (χ0v) is 15.5. The van der Waals surface area contributed by atoms with Crippen LogP contribution in [0.3, 0.4) is 0 Å². The molecule has 1 unspecified atom stereocenters. The van der Waals surface area contributed by atoms with Gasteiger partial charge in [-0.2, -0.15) is 0 Å². The number of rotatable bonds is 6. The van der Waals surface area contributed by atoms with Gasteiger partial charge in [-0.15, -0.1) is 6.58 Å². The summed E-state index contributed by atoms with van der Waals surface area (Å²) in [5.74, 6) is -0.995. The van der Waals surface area contributed by atoms with Gasteiger partial charge in [-0.25, -0.2) is 23.5 Å². The average molecular weight is 386 g/mol. The van der Waals surface area contributed by atoms with Crippen LogP contribution in [0.4, 0.5) is 4.39 Å². The second-order valence-corrected chi connectivity index (χ2v) is 6.05. The van der Waals surface area contributed by atoms with E-state index in [0.717, 1.165) is 4.57 Å². The lowest BCUT2D eigenvalue weighted by Gasteiger charge is -2.15. The molecule has 0 bridgehead atoms. The SMILES string of the molecule is C=CCn1c(=O)c2c(ncn2C(C)C(=O)OCC)n(-c2ccc(F)cc2)c1=O. The van der Waals surface area contributed by atoms with E-state index in [0.29, 0.717) is 5.69 Å². The molecule has 1 aromatic carbocycles. The molecule has 8 nitrogen and oxygen atoms in total. The molecule has 0 saturated carbocycles. The number of hydrogen-bond donors (Lipinski definition) is 0. The van der Waals surface area contributed by atoms with E-state index in [1.807, 2.05) is 0 Å². The molecule has 0 aliphatic rings. The number of nitrogens with zero attached hydrogens (tertiary/aromatic N) is 4. The molecule has 146 valence electrons. The Labute approximate surface area is 159 Å². The van der Waals surface area contributed by atoms with Gasteiger partial charge in [0.1, 0.15) is 11.9 Å². The number of halogens is 1. The average Bonchev–Trinajstić information content (AvgIpc) is 3.11. The van der Waals surface area contributed by atoms with Gasteiger partial charge in [0.05, 0.1) is 18.6 Å². The molecule has 2 aromatic heterocycles. The molecule has 3 rings (SSSR count). The Morgan fingerprint density at radius 1 is 1.32 bits per heavy atom. The monoisotopic (exact) mass is 386 g/mol. The van der Waals surface area contributed by atoms with E-state index in [4.69, 9.17) is 4.74 Å². The number of ether oxygens (including phenoxy) is 1. The third-order valence-corrected chi connectivity index (χ3v) is 4.30. The first-order valence-corrected chi connectivity index (χ1v) is 8.66. The predicted octanol–water partition coefficient (Wildman–Crippen LogP) is 1.80. The van der Waals surface area contributed by atoms with Crippen LogP contribution < -0.4 is 11.2 Å². The van der Waals surface area contributed by atoms with Crippen LogP contribution in [0, 0.1) is 5.82 Å².